The predicted octanol–water partition coefficient (Wildman–Crippen LogP) is 3.10. The fraction of sp³-hybridized carbons (Fsp3) is 0.500. The van der Waals surface area contributed by atoms with Crippen LogP contribution >= 0.6 is 0 Å². The molecule has 0 N–H and O–H groups in total. The largest absolute Gasteiger partial charge is 0.467 e. The van der Waals surface area contributed by atoms with Crippen LogP contribution in [0.1, 0.15) is 30.9 Å². The zero-order valence-electron chi connectivity index (χ0n) is 9.33. The summed E-state index contributed by atoms with van der Waals surface area (Å²) in [5, 5.41) is 0. The van der Waals surface area contributed by atoms with Crippen LogP contribution in [0.25, 0.3) is 0 Å². The van der Waals surface area contributed by atoms with Gasteiger partial charge in [0.2, 0.25) is 0 Å². The first kappa shape index (κ1) is 11.1. The average Bonchev–Trinajstić information content (AvgIpc) is 2.15. The summed E-state index contributed by atoms with van der Waals surface area (Å²) in [5.74, 6) is 1.40. The highest BCUT2D eigenvalue weighted by Crippen LogP contribution is 2.27. The first-order chi connectivity index (χ1) is 6.65. The second kappa shape index (κ2) is 5.01. The van der Waals surface area contributed by atoms with Gasteiger partial charge in [0.1, 0.15) is 5.75 Å². The number of hydrogen-bond donors (Lipinski definition) is 0. The molecular weight excluding hydrogens is 176 g/mol. The minimum Gasteiger partial charge on any atom is -0.467 e. The zero-order valence-corrected chi connectivity index (χ0v) is 9.33. The molecule has 0 bridgehead atoms. The Balaban J connectivity index is 2.90. The molecule has 0 aliphatic heterocycles. The monoisotopic (exact) mass is 194 g/mol. The maximum Gasteiger partial charge on any atom is 0.188 e. The van der Waals surface area contributed by atoms with Gasteiger partial charge in [-0.2, -0.15) is 0 Å². The van der Waals surface area contributed by atoms with Crippen molar-refractivity contribution in [2.24, 2.45) is 0 Å². The lowest BCUT2D eigenvalue weighted by atomic mass is 10.0. The van der Waals surface area contributed by atoms with E-state index in [2.05, 4.69) is 32.9 Å². The first-order valence-corrected chi connectivity index (χ1v) is 4.87. The fourth-order valence-electron chi connectivity index (χ4n) is 1.37. The van der Waals surface area contributed by atoms with Crippen molar-refractivity contribution >= 4 is 0 Å². The summed E-state index contributed by atoms with van der Waals surface area (Å²) in [6.45, 7) is 6.72. The second-order valence-electron chi connectivity index (χ2n) is 3.75. The Bertz CT molecular complexity index is 292. The minimum absolute atomic E-state index is 0.308. The molecule has 2 heteroatoms. The van der Waals surface area contributed by atoms with Gasteiger partial charge in [-0.3, -0.25) is 0 Å². The molecule has 0 saturated heterocycles. The molecule has 0 fully saturated rings. The van der Waals surface area contributed by atoms with Gasteiger partial charge in [-0.05, 0) is 24.5 Å². The molecule has 0 amide bonds. The summed E-state index contributed by atoms with van der Waals surface area (Å²) >= 11 is 0. The van der Waals surface area contributed by atoms with E-state index in [0.717, 1.165) is 5.75 Å². The van der Waals surface area contributed by atoms with Crippen LogP contribution < -0.4 is 4.74 Å². The van der Waals surface area contributed by atoms with Gasteiger partial charge in [0.15, 0.2) is 6.79 Å². The summed E-state index contributed by atoms with van der Waals surface area (Å²) in [6.07, 6.45) is 0. The zero-order chi connectivity index (χ0) is 10.6. The van der Waals surface area contributed by atoms with Crippen LogP contribution in [0.2, 0.25) is 0 Å². The average molecular weight is 194 g/mol. The summed E-state index contributed by atoms with van der Waals surface area (Å²) in [5.41, 5.74) is 2.50. The molecule has 0 aliphatic carbocycles. The molecule has 0 aromatic heterocycles. The van der Waals surface area contributed by atoms with Crippen molar-refractivity contribution in [3.8, 4) is 5.75 Å². The number of rotatable bonds is 4. The Hall–Kier alpha value is -1.02. The number of aryl methyl sites for hydroxylation is 1. The van der Waals surface area contributed by atoms with E-state index >= 15 is 0 Å². The van der Waals surface area contributed by atoms with Crippen molar-refractivity contribution < 1.29 is 9.47 Å². The van der Waals surface area contributed by atoms with E-state index in [-0.39, 0.29) is 0 Å². The standard InChI is InChI=1S/C12H18O2/c1-9(2)11-7-10(3)5-6-12(11)14-8-13-4/h5-7,9H,8H2,1-4H3. The molecule has 1 aromatic rings. The van der Waals surface area contributed by atoms with Gasteiger partial charge in [0.05, 0.1) is 0 Å². The Labute approximate surface area is 85.8 Å². The van der Waals surface area contributed by atoms with Crippen molar-refractivity contribution in [3.05, 3.63) is 29.3 Å². The van der Waals surface area contributed by atoms with E-state index in [9.17, 15) is 0 Å². The Morgan fingerprint density at radius 1 is 1.29 bits per heavy atom. The molecule has 0 radical (unpaired) electrons. The number of benzene rings is 1. The van der Waals surface area contributed by atoms with Crippen molar-refractivity contribution in [1.29, 1.82) is 0 Å². The van der Waals surface area contributed by atoms with Gasteiger partial charge < -0.3 is 9.47 Å². The molecule has 14 heavy (non-hydrogen) atoms. The van der Waals surface area contributed by atoms with Crippen molar-refractivity contribution in [1.82, 2.24) is 0 Å². The van der Waals surface area contributed by atoms with Gasteiger partial charge in [-0.15, -0.1) is 0 Å². The highest BCUT2D eigenvalue weighted by Gasteiger charge is 2.07. The lowest BCUT2D eigenvalue weighted by Crippen LogP contribution is -2.02. The van der Waals surface area contributed by atoms with Crippen molar-refractivity contribution in [2.75, 3.05) is 13.9 Å². The van der Waals surface area contributed by atoms with Gasteiger partial charge in [0, 0.05) is 7.11 Å². The van der Waals surface area contributed by atoms with Gasteiger partial charge in [0.25, 0.3) is 0 Å². The van der Waals surface area contributed by atoms with E-state index in [1.54, 1.807) is 7.11 Å². The summed E-state index contributed by atoms with van der Waals surface area (Å²) in [4.78, 5) is 0. The third-order valence-electron chi connectivity index (χ3n) is 2.12. The smallest absolute Gasteiger partial charge is 0.188 e. The Morgan fingerprint density at radius 2 is 2.00 bits per heavy atom. The number of hydrogen-bond acceptors (Lipinski definition) is 2. The molecule has 0 heterocycles. The van der Waals surface area contributed by atoms with Crippen LogP contribution in [0.15, 0.2) is 18.2 Å². The summed E-state index contributed by atoms with van der Waals surface area (Å²) in [7, 11) is 1.63. The molecule has 78 valence electrons. The minimum atomic E-state index is 0.308. The van der Waals surface area contributed by atoms with Crippen LogP contribution in [0.5, 0.6) is 5.75 Å². The maximum atomic E-state index is 5.48. The predicted molar refractivity (Wildman–Crippen MR) is 57.8 cm³/mol. The Kier molecular flexibility index (Phi) is 3.96. The van der Waals surface area contributed by atoms with Crippen LogP contribution in [0.3, 0.4) is 0 Å². The van der Waals surface area contributed by atoms with Gasteiger partial charge in [-0.25, -0.2) is 0 Å². The van der Waals surface area contributed by atoms with E-state index in [4.69, 9.17) is 9.47 Å². The number of methoxy groups -OCH3 is 1. The second-order valence-corrected chi connectivity index (χ2v) is 3.75. The molecule has 0 aliphatic rings. The highest BCUT2D eigenvalue weighted by molar-refractivity contribution is 5.38. The fourth-order valence-corrected chi connectivity index (χ4v) is 1.37. The topological polar surface area (TPSA) is 18.5 Å². The lowest BCUT2D eigenvalue weighted by Gasteiger charge is -2.14. The molecular formula is C12H18O2. The first-order valence-electron chi connectivity index (χ1n) is 4.87. The van der Waals surface area contributed by atoms with E-state index in [1.165, 1.54) is 11.1 Å². The lowest BCUT2D eigenvalue weighted by molar-refractivity contribution is 0.0502. The summed E-state index contributed by atoms with van der Waals surface area (Å²) in [6, 6.07) is 6.22. The van der Waals surface area contributed by atoms with Crippen molar-refractivity contribution in [3.63, 3.8) is 0 Å². The van der Waals surface area contributed by atoms with E-state index < -0.39 is 0 Å². The van der Waals surface area contributed by atoms with Crippen molar-refractivity contribution in [2.45, 2.75) is 26.7 Å². The van der Waals surface area contributed by atoms with Crippen LogP contribution in [0.4, 0.5) is 0 Å². The molecule has 1 aromatic carbocycles. The van der Waals surface area contributed by atoms with Crippen LogP contribution in [-0.2, 0) is 4.74 Å². The number of ether oxygens (including phenoxy) is 2. The van der Waals surface area contributed by atoms with Gasteiger partial charge >= 0.3 is 0 Å². The quantitative estimate of drug-likeness (QED) is 0.686. The normalized spacial score (nSPS) is 10.6. The van der Waals surface area contributed by atoms with Crippen LogP contribution in [0, 0.1) is 6.92 Å². The molecule has 0 saturated carbocycles. The SMILES string of the molecule is COCOc1ccc(C)cc1C(C)C. The van der Waals surface area contributed by atoms with Crippen LogP contribution in [-0.4, -0.2) is 13.9 Å². The molecule has 1 rings (SSSR count). The van der Waals surface area contributed by atoms with E-state index in [0.29, 0.717) is 12.7 Å². The Morgan fingerprint density at radius 3 is 2.57 bits per heavy atom. The molecule has 0 spiro atoms. The maximum absolute atomic E-state index is 5.48. The third-order valence-corrected chi connectivity index (χ3v) is 2.12. The van der Waals surface area contributed by atoms with Gasteiger partial charge in [-0.1, -0.05) is 31.5 Å². The third kappa shape index (κ3) is 2.74. The molecule has 2 nitrogen and oxygen atoms in total. The highest BCUT2D eigenvalue weighted by atomic mass is 16.7. The molecule has 0 atom stereocenters. The molecule has 0 unspecified atom stereocenters. The summed E-state index contributed by atoms with van der Waals surface area (Å²) < 4.78 is 10.4. The van der Waals surface area contributed by atoms with E-state index in [1.807, 2.05) is 6.07 Å².